The number of aliphatic hydroxyl groups excluding tert-OH is 1. The van der Waals surface area contributed by atoms with Gasteiger partial charge in [-0.3, -0.25) is 19.6 Å². The van der Waals surface area contributed by atoms with Gasteiger partial charge in [-0.05, 0) is 34.9 Å². The molecule has 1 aromatic heterocycles. The second-order valence-electron chi connectivity index (χ2n) is 5.30. The number of rotatable bonds is 7. The number of benzene rings is 1. The van der Waals surface area contributed by atoms with Gasteiger partial charge in [0, 0.05) is 4.70 Å². The van der Waals surface area contributed by atoms with Crippen LogP contribution in [0.5, 0.6) is 0 Å². The Morgan fingerprint density at radius 2 is 1.96 bits per heavy atom. The van der Waals surface area contributed by atoms with Crippen molar-refractivity contribution in [3.63, 3.8) is 0 Å². The first-order valence-corrected chi connectivity index (χ1v) is 8.03. The lowest BCUT2D eigenvalue weighted by atomic mass is 9.92. The molecule has 0 saturated heterocycles. The molecule has 25 heavy (non-hydrogen) atoms. The molecular weight excluding hydrogens is 353 g/mol. The SMILES string of the molecule is NC(=O)[C@H](F)NC(=O)[C@H](Cc1ccc2sccc2c1)[C@H](O)C(=O)NO. The first kappa shape index (κ1) is 18.8. The van der Waals surface area contributed by atoms with Crippen molar-refractivity contribution in [2.45, 2.75) is 18.8 Å². The molecule has 3 amide bonds. The number of hydrogen-bond donors (Lipinski definition) is 5. The average Bonchev–Trinajstić information content (AvgIpc) is 3.05. The Hall–Kier alpha value is -2.56. The number of hydroxylamine groups is 1. The third kappa shape index (κ3) is 4.50. The van der Waals surface area contributed by atoms with E-state index in [4.69, 9.17) is 10.9 Å². The van der Waals surface area contributed by atoms with Crippen molar-refractivity contribution in [2.24, 2.45) is 11.7 Å². The van der Waals surface area contributed by atoms with E-state index in [1.807, 2.05) is 17.5 Å². The number of hydrogen-bond acceptors (Lipinski definition) is 6. The molecule has 6 N–H and O–H groups in total. The zero-order valence-electron chi connectivity index (χ0n) is 12.8. The maximum absolute atomic E-state index is 13.4. The van der Waals surface area contributed by atoms with Crippen molar-refractivity contribution in [3.05, 3.63) is 35.2 Å². The first-order valence-electron chi connectivity index (χ1n) is 7.15. The van der Waals surface area contributed by atoms with E-state index in [9.17, 15) is 23.9 Å². The Kier molecular flexibility index (Phi) is 6.02. The maximum atomic E-state index is 13.4. The highest BCUT2D eigenvalue weighted by atomic mass is 32.1. The van der Waals surface area contributed by atoms with Crippen molar-refractivity contribution >= 4 is 39.1 Å². The van der Waals surface area contributed by atoms with Gasteiger partial charge >= 0.3 is 0 Å². The molecule has 10 heteroatoms. The number of thiophene rings is 1. The van der Waals surface area contributed by atoms with E-state index >= 15 is 0 Å². The van der Waals surface area contributed by atoms with Gasteiger partial charge in [0.2, 0.25) is 5.91 Å². The fourth-order valence-corrected chi connectivity index (χ4v) is 3.07. The van der Waals surface area contributed by atoms with E-state index in [0.29, 0.717) is 5.56 Å². The van der Waals surface area contributed by atoms with Crippen LogP contribution in [0.25, 0.3) is 10.1 Å². The number of nitrogens with one attached hydrogen (secondary N) is 2. The molecule has 1 aromatic carbocycles. The van der Waals surface area contributed by atoms with Crippen LogP contribution in [0, 0.1) is 5.92 Å². The number of amides is 3. The quantitative estimate of drug-likeness (QED) is 0.262. The summed E-state index contributed by atoms with van der Waals surface area (Å²) >= 11 is 1.52. The van der Waals surface area contributed by atoms with E-state index in [0.717, 1.165) is 10.1 Å². The Labute approximate surface area is 145 Å². The van der Waals surface area contributed by atoms with Gasteiger partial charge in [-0.15, -0.1) is 11.3 Å². The van der Waals surface area contributed by atoms with Gasteiger partial charge in [0.05, 0.1) is 5.92 Å². The van der Waals surface area contributed by atoms with Crippen LogP contribution in [0.2, 0.25) is 0 Å². The molecule has 0 bridgehead atoms. The van der Waals surface area contributed by atoms with Crippen molar-refractivity contribution in [1.82, 2.24) is 10.8 Å². The summed E-state index contributed by atoms with van der Waals surface area (Å²) in [5.74, 6) is -5.17. The molecule has 0 fully saturated rings. The number of halogens is 1. The molecule has 0 aliphatic carbocycles. The second kappa shape index (κ2) is 8.01. The third-order valence-corrected chi connectivity index (χ3v) is 4.49. The van der Waals surface area contributed by atoms with Gasteiger partial charge in [0.1, 0.15) is 6.10 Å². The predicted molar refractivity (Wildman–Crippen MR) is 87.2 cm³/mol. The molecule has 0 aliphatic rings. The zero-order chi connectivity index (χ0) is 18.6. The smallest absolute Gasteiger partial charge is 0.272 e. The minimum Gasteiger partial charge on any atom is -0.382 e. The summed E-state index contributed by atoms with van der Waals surface area (Å²) in [7, 11) is 0. The second-order valence-corrected chi connectivity index (χ2v) is 6.25. The number of fused-ring (bicyclic) bond motifs is 1. The molecular formula is C15H16FN3O5S. The number of aliphatic hydroxyl groups is 1. The lowest BCUT2D eigenvalue weighted by Gasteiger charge is -2.21. The normalized spacial score (nSPS) is 14.5. The van der Waals surface area contributed by atoms with Gasteiger partial charge in [-0.1, -0.05) is 12.1 Å². The maximum Gasteiger partial charge on any atom is 0.272 e. The predicted octanol–water partition coefficient (Wildman–Crippen LogP) is -0.177. The van der Waals surface area contributed by atoms with E-state index in [1.165, 1.54) is 16.8 Å². The number of carbonyl (C=O) groups is 3. The molecule has 2 rings (SSSR count). The van der Waals surface area contributed by atoms with Crippen molar-refractivity contribution < 1.29 is 29.1 Å². The zero-order valence-corrected chi connectivity index (χ0v) is 13.6. The monoisotopic (exact) mass is 369 g/mol. The van der Waals surface area contributed by atoms with Crippen molar-refractivity contribution in [1.29, 1.82) is 0 Å². The topological polar surface area (TPSA) is 142 Å². The van der Waals surface area contributed by atoms with Crippen LogP contribution in [-0.2, 0) is 20.8 Å². The van der Waals surface area contributed by atoms with Gasteiger partial charge < -0.3 is 16.2 Å². The van der Waals surface area contributed by atoms with E-state index in [2.05, 4.69) is 0 Å². The largest absolute Gasteiger partial charge is 0.382 e. The molecule has 0 radical (unpaired) electrons. The molecule has 1 heterocycles. The van der Waals surface area contributed by atoms with E-state index in [1.54, 1.807) is 17.4 Å². The highest BCUT2D eigenvalue weighted by molar-refractivity contribution is 7.17. The van der Waals surface area contributed by atoms with Gasteiger partial charge in [-0.25, -0.2) is 9.87 Å². The minimum absolute atomic E-state index is 0.127. The van der Waals surface area contributed by atoms with Gasteiger partial charge in [0.25, 0.3) is 18.1 Å². The number of carbonyl (C=O) groups excluding carboxylic acids is 3. The average molecular weight is 369 g/mol. The summed E-state index contributed by atoms with van der Waals surface area (Å²) in [6.07, 6.45) is -4.54. The fourth-order valence-electron chi connectivity index (χ4n) is 2.30. The van der Waals surface area contributed by atoms with Crippen molar-refractivity contribution in [2.75, 3.05) is 0 Å². The molecule has 8 nitrogen and oxygen atoms in total. The van der Waals surface area contributed by atoms with Crippen LogP contribution in [0.3, 0.4) is 0 Å². The van der Waals surface area contributed by atoms with E-state index in [-0.39, 0.29) is 6.42 Å². The first-order chi connectivity index (χ1) is 11.8. The lowest BCUT2D eigenvalue weighted by molar-refractivity contribution is -0.147. The summed E-state index contributed by atoms with van der Waals surface area (Å²) < 4.78 is 14.4. The summed E-state index contributed by atoms with van der Waals surface area (Å²) in [4.78, 5) is 34.4. The summed E-state index contributed by atoms with van der Waals surface area (Å²) in [5, 5.41) is 23.1. The number of nitrogens with two attached hydrogens (primary N) is 1. The minimum atomic E-state index is -2.46. The Morgan fingerprint density at radius 1 is 1.24 bits per heavy atom. The van der Waals surface area contributed by atoms with Crippen LogP contribution in [-0.4, -0.2) is 40.4 Å². The Balaban J connectivity index is 2.24. The van der Waals surface area contributed by atoms with Crippen LogP contribution < -0.4 is 16.5 Å². The Bertz CT molecular complexity index is 796. The summed E-state index contributed by atoms with van der Waals surface area (Å²) in [6, 6.07) is 7.13. The molecule has 2 aromatic rings. The molecule has 0 saturated carbocycles. The molecule has 0 unspecified atom stereocenters. The summed E-state index contributed by atoms with van der Waals surface area (Å²) in [5.41, 5.74) is 6.58. The van der Waals surface area contributed by atoms with Crippen LogP contribution in [0.15, 0.2) is 29.6 Å². The van der Waals surface area contributed by atoms with Crippen LogP contribution >= 0.6 is 11.3 Å². The summed E-state index contributed by atoms with van der Waals surface area (Å²) in [6.45, 7) is 0. The highest BCUT2D eigenvalue weighted by Crippen LogP contribution is 2.24. The fraction of sp³-hybridized carbons (Fsp3) is 0.267. The highest BCUT2D eigenvalue weighted by Gasteiger charge is 2.34. The Morgan fingerprint density at radius 3 is 2.60 bits per heavy atom. The molecule has 0 aliphatic heterocycles. The van der Waals surface area contributed by atoms with Gasteiger partial charge in [-0.2, -0.15) is 0 Å². The third-order valence-electron chi connectivity index (χ3n) is 3.59. The van der Waals surface area contributed by atoms with Crippen LogP contribution in [0.4, 0.5) is 4.39 Å². The molecule has 0 spiro atoms. The molecule has 3 atom stereocenters. The molecule has 134 valence electrons. The van der Waals surface area contributed by atoms with Crippen LogP contribution in [0.1, 0.15) is 5.56 Å². The van der Waals surface area contributed by atoms with Crippen molar-refractivity contribution in [3.8, 4) is 0 Å². The van der Waals surface area contributed by atoms with Gasteiger partial charge in [0.15, 0.2) is 0 Å². The van der Waals surface area contributed by atoms with E-state index < -0.39 is 36.0 Å². The number of alkyl halides is 1. The standard InChI is InChI=1S/C15H16FN3O5S/c16-12(13(17)21)18-14(22)9(11(20)15(23)19-24)6-7-1-2-10-8(5-7)3-4-25-10/h1-5,9,11-12,20,24H,6H2,(H2,17,21)(H,18,22)(H,19,23)/t9-,11+,12-/m1/s1. The lowest BCUT2D eigenvalue weighted by Crippen LogP contribution is -2.50. The number of primary amides is 1.